The molecule has 3 aromatic heterocycles. The summed E-state index contributed by atoms with van der Waals surface area (Å²) in [6.45, 7) is 8.16. The minimum Gasteiger partial charge on any atom is -0.870 e. The molecule has 0 radical (unpaired) electrons. The third kappa shape index (κ3) is 19.8. The minimum absolute atomic E-state index is 0. The Balaban J connectivity index is 0.000000918. The van der Waals surface area contributed by atoms with Gasteiger partial charge in [-0.3, -0.25) is 33.9 Å². The zero-order valence-corrected chi connectivity index (χ0v) is 42.9. The number of carbonyl (C=O) groups excluding carboxylic acids is 4. The van der Waals surface area contributed by atoms with E-state index in [0.717, 1.165) is 30.0 Å². The molecule has 0 spiro atoms. The van der Waals surface area contributed by atoms with Gasteiger partial charge in [0.15, 0.2) is 0 Å². The van der Waals surface area contributed by atoms with Crippen LogP contribution in [0.2, 0.25) is 0 Å². The molecule has 3 aliphatic rings. The molecule has 2 amide bonds. The number of rotatable bonds is 15. The fourth-order valence-electron chi connectivity index (χ4n) is 8.08. The van der Waals surface area contributed by atoms with Crippen LogP contribution in [0.1, 0.15) is 57.1 Å². The average Bonchev–Trinajstić information content (AvgIpc) is 4.13. The van der Waals surface area contributed by atoms with Crippen LogP contribution in [0.3, 0.4) is 0 Å². The van der Waals surface area contributed by atoms with Gasteiger partial charge in [0.1, 0.15) is 24.2 Å². The number of hydrogen-bond donors (Lipinski definition) is 6. The first-order chi connectivity index (χ1) is 31.2. The second-order valence-electron chi connectivity index (χ2n) is 18.0. The number of aromatic nitrogens is 6. The number of ether oxygens (including phenoxy) is 2. The smallest absolute Gasteiger partial charge is 0.870 e. The van der Waals surface area contributed by atoms with Crippen LogP contribution in [0.15, 0.2) is 37.6 Å². The number of likely N-dealkylation sites (tertiary alicyclic amines) is 2. The Hall–Kier alpha value is -4.86. The second kappa shape index (κ2) is 31.4. The van der Waals surface area contributed by atoms with Gasteiger partial charge in [-0.15, -0.1) is 12.4 Å². The normalized spacial score (nSPS) is 21.6. The Morgan fingerprint density at radius 3 is 1.32 bits per heavy atom. The number of esters is 2. The summed E-state index contributed by atoms with van der Waals surface area (Å²) in [4.78, 5) is 99.8. The van der Waals surface area contributed by atoms with E-state index in [9.17, 15) is 33.9 Å². The van der Waals surface area contributed by atoms with Crippen LogP contribution in [0.4, 0.5) is 0 Å². The molecule has 1 unspecified atom stereocenters. The van der Waals surface area contributed by atoms with Crippen LogP contribution >= 0.6 is 12.4 Å². The average molecular weight is 990 g/mol. The molecule has 23 nitrogen and oxygen atoms in total. The van der Waals surface area contributed by atoms with Gasteiger partial charge < -0.3 is 55.2 Å². The van der Waals surface area contributed by atoms with Crippen molar-refractivity contribution in [2.75, 3.05) is 76.1 Å². The van der Waals surface area contributed by atoms with Crippen molar-refractivity contribution in [3.8, 4) is 0 Å². The van der Waals surface area contributed by atoms with E-state index < -0.39 is 36.1 Å². The predicted octanol–water partition coefficient (Wildman–Crippen LogP) is -2.13. The number of methoxy groups -OCH3 is 2. The van der Waals surface area contributed by atoms with Crippen molar-refractivity contribution in [1.82, 2.24) is 59.7 Å². The van der Waals surface area contributed by atoms with Gasteiger partial charge in [-0.05, 0) is 85.8 Å². The molecule has 0 bridgehead atoms. The third-order valence-corrected chi connectivity index (χ3v) is 11.8. The van der Waals surface area contributed by atoms with Gasteiger partial charge >= 0.3 is 42.7 Å². The number of aromatic amines is 3. The van der Waals surface area contributed by atoms with Gasteiger partial charge in [0, 0.05) is 68.0 Å². The fraction of sp³-hybridized carbons (Fsp3) is 0.659. The monoisotopic (exact) mass is 989 g/mol. The number of likely N-dealkylation sites (N-methyl/N-ethyl adjacent to an activating group) is 3. The van der Waals surface area contributed by atoms with Crippen LogP contribution in [0.5, 0.6) is 0 Å². The van der Waals surface area contributed by atoms with E-state index >= 15 is 0 Å². The van der Waals surface area contributed by atoms with E-state index in [1.54, 1.807) is 61.5 Å². The summed E-state index contributed by atoms with van der Waals surface area (Å²) in [5.41, 5.74) is 2.59. The number of nitrogens with one attached hydrogen (secondary N) is 4. The van der Waals surface area contributed by atoms with E-state index in [0.29, 0.717) is 57.0 Å². The summed E-state index contributed by atoms with van der Waals surface area (Å²) in [7, 11) is 13.7. The molecular weight excluding hydrogens is 915 g/mol. The molecule has 69 heavy (non-hydrogen) atoms. The van der Waals surface area contributed by atoms with Crippen molar-refractivity contribution in [2.45, 2.75) is 95.5 Å². The number of carboxylic acids is 2. The van der Waals surface area contributed by atoms with Crippen molar-refractivity contribution in [3.05, 3.63) is 54.7 Å². The maximum Gasteiger partial charge on any atom is 1.00 e. The third-order valence-electron chi connectivity index (χ3n) is 11.8. The SMILES string of the molecule is CN(C)C(Cc1cnc[nH]1)C(=O)O.COC(=O)[C@@H]1C[C@H](C)CN1.COC(=O)[C@@H]1C[C@H](C)CN1C(=O)[C@@H](Cc1cnc[nH]1)N(C)C.C[C@H]1C[C@@H](C(=O)O)N(C(=O)[C@@H](Cc2cnc[nH]2)N(C)C)C1.Cl.[Li+].[OH-]. The van der Waals surface area contributed by atoms with Crippen LogP contribution in [-0.2, 0) is 57.5 Å². The number of nitrogens with zero attached hydrogens (tertiary/aromatic N) is 8. The topological polar surface area (TPSA) is 306 Å². The van der Waals surface area contributed by atoms with Crippen LogP contribution < -0.4 is 24.2 Å². The summed E-state index contributed by atoms with van der Waals surface area (Å²) >= 11 is 0. The molecular formula is C44H74ClLiN12O11. The molecule has 9 atom stereocenters. The molecule has 3 fully saturated rings. The molecule has 7 N–H and O–H groups in total. The number of carbonyl (C=O) groups is 6. The van der Waals surface area contributed by atoms with Crippen molar-refractivity contribution >= 4 is 48.1 Å². The van der Waals surface area contributed by atoms with Crippen LogP contribution in [0, 0.1) is 17.8 Å². The molecule has 6 rings (SSSR count). The van der Waals surface area contributed by atoms with Crippen molar-refractivity contribution < 1.29 is 72.8 Å². The number of halogens is 1. The fourth-order valence-corrected chi connectivity index (χ4v) is 8.08. The number of imidazole rings is 3. The number of H-pyrrole nitrogens is 3. The quantitative estimate of drug-likeness (QED) is 0.0700. The van der Waals surface area contributed by atoms with Crippen molar-refractivity contribution in [2.24, 2.45) is 17.8 Å². The molecule has 0 saturated carbocycles. The first-order valence-electron chi connectivity index (χ1n) is 22.0. The Morgan fingerprint density at radius 1 is 0.638 bits per heavy atom. The molecule has 6 heterocycles. The number of amides is 2. The second-order valence-corrected chi connectivity index (χ2v) is 18.0. The molecule has 25 heteroatoms. The molecule has 3 aromatic rings. The summed E-state index contributed by atoms with van der Waals surface area (Å²) in [5.74, 6) is -1.28. The van der Waals surface area contributed by atoms with Gasteiger partial charge in [-0.2, -0.15) is 0 Å². The Bertz CT molecular complexity index is 1960. The molecule has 0 aromatic carbocycles. The number of carboxylic acid groups (broad SMARTS) is 2. The van der Waals surface area contributed by atoms with E-state index in [1.807, 2.05) is 51.8 Å². The minimum atomic E-state index is -0.924. The molecule has 0 aliphatic carbocycles. The van der Waals surface area contributed by atoms with Crippen molar-refractivity contribution in [3.63, 3.8) is 0 Å². The maximum atomic E-state index is 12.9. The first-order valence-corrected chi connectivity index (χ1v) is 22.0. The predicted molar refractivity (Wildman–Crippen MR) is 252 cm³/mol. The van der Waals surface area contributed by atoms with Gasteiger partial charge in [0.05, 0.1) is 45.3 Å². The van der Waals surface area contributed by atoms with Crippen molar-refractivity contribution in [1.29, 1.82) is 0 Å². The number of hydrogen-bond acceptors (Lipinski definition) is 16. The van der Waals surface area contributed by atoms with E-state index in [-0.39, 0.29) is 78.5 Å². The number of aliphatic carboxylic acids is 2. The summed E-state index contributed by atoms with van der Waals surface area (Å²) in [6, 6.07) is -2.47. The zero-order valence-electron chi connectivity index (χ0n) is 42.1. The summed E-state index contributed by atoms with van der Waals surface area (Å²) in [5, 5.41) is 21.3. The van der Waals surface area contributed by atoms with Gasteiger partial charge in [-0.1, -0.05) is 20.8 Å². The van der Waals surface area contributed by atoms with Gasteiger partial charge in [0.2, 0.25) is 11.8 Å². The summed E-state index contributed by atoms with van der Waals surface area (Å²) in [6.07, 6.45) is 13.3. The Morgan fingerprint density at radius 2 is 1.01 bits per heavy atom. The maximum absolute atomic E-state index is 12.9. The van der Waals surface area contributed by atoms with Gasteiger partial charge in [-0.25, -0.2) is 24.5 Å². The molecule has 384 valence electrons. The van der Waals surface area contributed by atoms with E-state index in [1.165, 1.54) is 19.1 Å². The van der Waals surface area contributed by atoms with E-state index in [4.69, 9.17) is 9.84 Å². The Labute approximate surface area is 423 Å². The first kappa shape index (κ1) is 64.1. The summed E-state index contributed by atoms with van der Waals surface area (Å²) < 4.78 is 9.43. The standard InChI is InChI=1S/C15H24N4O3.C14H22N4O3.C8H13N3O2.C7H13NO2.ClH.Li.H2O/c1-10-5-13(15(21)22-4)19(8-10)14(20)12(18(2)3)6-11-7-16-9-17-11;1-9-4-12(14(20)21)18(7-9)13(19)11(17(2)3)5-10-6-15-8-16-10;1-11(2)7(8(12)13)3-6-4-9-5-10-6;1-5-3-6(8-4-5)7(9)10-2;;;/h7,9-10,12-13H,5-6,8H2,1-4H3,(H,16,17);6,8-9,11-12H,4-5,7H2,1-3H3,(H,15,16)(H,20,21);4-5,7H,3H2,1-2H3,(H,9,10)(H,12,13);5-6,8H,3-4H2,1-2H3;1H;;1H2/q;;;;;+1;/p-1/t10-,12+,13-;9-,11+,12-;;5-,6-;;;/m00.0.../s1. The van der Waals surface area contributed by atoms with Crippen LogP contribution in [-0.4, -0.2) is 218 Å². The molecule has 3 saturated heterocycles. The molecule has 3 aliphatic heterocycles. The van der Waals surface area contributed by atoms with Crippen LogP contribution in [0.25, 0.3) is 0 Å². The van der Waals surface area contributed by atoms with Gasteiger partial charge in [0.25, 0.3) is 0 Å². The van der Waals surface area contributed by atoms with E-state index in [2.05, 4.69) is 46.9 Å². The Kier molecular flexibility index (Phi) is 29.2. The zero-order chi connectivity index (χ0) is 49.2. The largest absolute Gasteiger partial charge is 1.00 e.